The molecule has 0 radical (unpaired) electrons. The third-order valence-corrected chi connectivity index (χ3v) is 4.83. The predicted molar refractivity (Wildman–Crippen MR) is 82.2 cm³/mol. The monoisotopic (exact) mass is 372 g/mol. The molecule has 8 heteroatoms. The van der Waals surface area contributed by atoms with Crippen molar-refractivity contribution in [2.75, 3.05) is 0 Å². The molecule has 0 aliphatic rings. The maximum Gasteiger partial charge on any atom is 0.331 e. The van der Waals surface area contributed by atoms with Crippen molar-refractivity contribution in [1.82, 2.24) is 20.2 Å². The smallest absolute Gasteiger partial charge is 0.331 e. The van der Waals surface area contributed by atoms with Crippen LogP contribution >= 0.6 is 27.5 Å². The number of hydrogen-bond acceptors (Lipinski definition) is 4. The van der Waals surface area contributed by atoms with Crippen molar-refractivity contribution in [2.45, 2.75) is 32.2 Å². The first-order chi connectivity index (χ1) is 9.96. The van der Waals surface area contributed by atoms with Crippen molar-refractivity contribution in [1.29, 1.82) is 0 Å². The van der Waals surface area contributed by atoms with Crippen LogP contribution in [-0.4, -0.2) is 31.3 Å². The summed E-state index contributed by atoms with van der Waals surface area (Å²) < 4.78 is 2.08. The zero-order chi connectivity index (χ0) is 15.6. The molecule has 0 spiro atoms. The molecule has 1 aromatic heterocycles. The Hall–Kier alpha value is -1.47. The van der Waals surface area contributed by atoms with E-state index in [1.165, 1.54) is 4.68 Å². The fraction of sp³-hybridized carbons (Fsp3) is 0.385. The number of halogens is 2. The molecule has 1 N–H and O–H groups in total. The highest BCUT2D eigenvalue weighted by Crippen LogP contribution is 2.32. The van der Waals surface area contributed by atoms with Gasteiger partial charge in [-0.3, -0.25) is 0 Å². The molecule has 1 aromatic carbocycles. The first-order valence-electron chi connectivity index (χ1n) is 6.44. The van der Waals surface area contributed by atoms with E-state index >= 15 is 0 Å². The molecule has 0 saturated carbocycles. The Labute approximate surface area is 135 Å². The van der Waals surface area contributed by atoms with Gasteiger partial charge in [0, 0.05) is 10.0 Å². The Balaban J connectivity index is 2.61. The van der Waals surface area contributed by atoms with Gasteiger partial charge in [0.05, 0.1) is 5.02 Å². The van der Waals surface area contributed by atoms with Crippen LogP contribution in [0.2, 0.25) is 5.02 Å². The number of carboxylic acids is 1. The predicted octanol–water partition coefficient (Wildman–Crippen LogP) is 3.36. The summed E-state index contributed by atoms with van der Waals surface area (Å²) >= 11 is 9.32. The van der Waals surface area contributed by atoms with E-state index in [2.05, 4.69) is 31.5 Å². The number of hydrogen-bond donors (Lipinski definition) is 1. The molecule has 0 unspecified atom stereocenters. The number of aromatic nitrogens is 4. The molecule has 0 fully saturated rings. The van der Waals surface area contributed by atoms with E-state index in [4.69, 9.17) is 11.6 Å². The quantitative estimate of drug-likeness (QED) is 0.869. The van der Waals surface area contributed by atoms with E-state index in [0.717, 1.165) is 0 Å². The summed E-state index contributed by atoms with van der Waals surface area (Å²) in [5.74, 6) is -0.549. The fourth-order valence-corrected chi connectivity index (χ4v) is 2.73. The minimum absolute atomic E-state index is 0.381. The van der Waals surface area contributed by atoms with E-state index in [9.17, 15) is 9.90 Å². The second-order valence-corrected chi connectivity index (χ2v) is 5.85. The van der Waals surface area contributed by atoms with E-state index in [1.807, 2.05) is 0 Å². The van der Waals surface area contributed by atoms with Crippen LogP contribution in [0.1, 0.15) is 26.7 Å². The third kappa shape index (κ3) is 2.67. The molecule has 0 atom stereocenters. The average Bonchev–Trinajstić information content (AvgIpc) is 2.93. The summed E-state index contributed by atoms with van der Waals surface area (Å²) in [6.07, 6.45) is 0.761. The second kappa shape index (κ2) is 6.11. The molecule has 0 amide bonds. The van der Waals surface area contributed by atoms with E-state index in [0.29, 0.717) is 33.7 Å². The number of aliphatic carboxylic acids is 1. The molecule has 21 heavy (non-hydrogen) atoms. The lowest BCUT2D eigenvalue weighted by atomic mass is 9.92. The van der Waals surface area contributed by atoms with Crippen molar-refractivity contribution in [2.24, 2.45) is 0 Å². The molecular formula is C13H14BrClN4O2. The number of rotatable bonds is 5. The van der Waals surface area contributed by atoms with Crippen LogP contribution in [0.3, 0.4) is 0 Å². The summed E-state index contributed by atoms with van der Waals surface area (Å²) in [4.78, 5) is 11.7. The van der Waals surface area contributed by atoms with Crippen LogP contribution in [-0.2, 0) is 10.3 Å². The van der Waals surface area contributed by atoms with Crippen LogP contribution in [0.15, 0.2) is 22.7 Å². The van der Waals surface area contributed by atoms with E-state index < -0.39 is 11.5 Å². The van der Waals surface area contributed by atoms with Gasteiger partial charge in [-0.05, 0) is 57.4 Å². The number of nitrogens with zero attached hydrogens (tertiary/aromatic N) is 4. The van der Waals surface area contributed by atoms with Gasteiger partial charge in [-0.25, -0.2) is 9.48 Å². The topological polar surface area (TPSA) is 80.9 Å². The summed E-state index contributed by atoms with van der Waals surface area (Å²) in [6.45, 7) is 3.61. The van der Waals surface area contributed by atoms with Crippen LogP contribution in [0.25, 0.3) is 11.4 Å². The van der Waals surface area contributed by atoms with E-state index in [-0.39, 0.29) is 0 Å². The van der Waals surface area contributed by atoms with Crippen LogP contribution in [0.4, 0.5) is 0 Å². The zero-order valence-electron chi connectivity index (χ0n) is 11.5. The minimum atomic E-state index is -1.16. The van der Waals surface area contributed by atoms with Crippen LogP contribution < -0.4 is 0 Å². The maximum absolute atomic E-state index is 11.7. The second-order valence-electron chi connectivity index (χ2n) is 4.59. The highest BCUT2D eigenvalue weighted by molar-refractivity contribution is 9.10. The van der Waals surface area contributed by atoms with Crippen molar-refractivity contribution < 1.29 is 9.90 Å². The molecule has 6 nitrogen and oxygen atoms in total. The lowest BCUT2D eigenvalue weighted by Crippen LogP contribution is -2.42. The molecule has 2 rings (SSSR count). The molecule has 2 aromatic rings. The lowest BCUT2D eigenvalue weighted by Gasteiger charge is -2.27. The molecule has 1 heterocycles. The number of carboxylic acid groups (broad SMARTS) is 1. The molecular weight excluding hydrogens is 360 g/mol. The Kier molecular flexibility index (Phi) is 4.63. The molecule has 0 aliphatic heterocycles. The van der Waals surface area contributed by atoms with E-state index in [1.54, 1.807) is 32.0 Å². The Morgan fingerprint density at radius 1 is 1.43 bits per heavy atom. The van der Waals surface area contributed by atoms with Crippen molar-refractivity contribution in [3.8, 4) is 11.4 Å². The number of benzene rings is 1. The summed E-state index contributed by atoms with van der Waals surface area (Å²) in [5, 5.41) is 21.7. The highest BCUT2D eigenvalue weighted by Gasteiger charge is 2.40. The fourth-order valence-electron chi connectivity index (χ4n) is 2.23. The number of tetrazole rings is 1. The van der Waals surface area contributed by atoms with Gasteiger partial charge in [0.25, 0.3) is 0 Å². The SMILES string of the molecule is CCC(CC)(C(=O)O)n1nnnc1-c1ccc(Cl)c(Br)c1. The van der Waals surface area contributed by atoms with Gasteiger partial charge in [-0.2, -0.15) is 0 Å². The minimum Gasteiger partial charge on any atom is -0.479 e. The van der Waals surface area contributed by atoms with Crippen molar-refractivity contribution >= 4 is 33.5 Å². The Morgan fingerprint density at radius 2 is 2.10 bits per heavy atom. The summed E-state index contributed by atoms with van der Waals surface area (Å²) in [7, 11) is 0. The molecule has 0 aliphatic carbocycles. The van der Waals surface area contributed by atoms with Gasteiger partial charge < -0.3 is 5.11 Å². The maximum atomic E-state index is 11.7. The normalized spacial score (nSPS) is 11.6. The van der Waals surface area contributed by atoms with Crippen LogP contribution in [0, 0.1) is 0 Å². The largest absolute Gasteiger partial charge is 0.479 e. The lowest BCUT2D eigenvalue weighted by molar-refractivity contribution is -0.148. The molecule has 0 bridgehead atoms. The van der Waals surface area contributed by atoms with Gasteiger partial charge in [0.15, 0.2) is 11.4 Å². The standard InChI is InChI=1S/C13H14BrClN4O2/c1-3-13(4-2,12(20)21)19-11(16-17-18-19)8-5-6-10(15)9(14)7-8/h5-7H,3-4H2,1-2H3,(H,20,21). The molecule has 112 valence electrons. The van der Waals surface area contributed by atoms with Gasteiger partial charge in [-0.15, -0.1) is 5.10 Å². The van der Waals surface area contributed by atoms with Crippen molar-refractivity contribution in [3.05, 3.63) is 27.7 Å². The summed E-state index contributed by atoms with van der Waals surface area (Å²) in [5.41, 5.74) is -0.464. The average molecular weight is 374 g/mol. The van der Waals surface area contributed by atoms with Gasteiger partial charge >= 0.3 is 5.97 Å². The van der Waals surface area contributed by atoms with Gasteiger partial charge in [0.1, 0.15) is 0 Å². The Morgan fingerprint density at radius 3 is 2.62 bits per heavy atom. The highest BCUT2D eigenvalue weighted by atomic mass is 79.9. The van der Waals surface area contributed by atoms with Gasteiger partial charge in [0.2, 0.25) is 0 Å². The van der Waals surface area contributed by atoms with Crippen LogP contribution in [0.5, 0.6) is 0 Å². The van der Waals surface area contributed by atoms with Crippen molar-refractivity contribution in [3.63, 3.8) is 0 Å². The van der Waals surface area contributed by atoms with Gasteiger partial charge in [-0.1, -0.05) is 25.4 Å². The summed E-state index contributed by atoms with van der Waals surface area (Å²) in [6, 6.07) is 5.23. The molecule has 0 saturated heterocycles. The third-order valence-electron chi connectivity index (χ3n) is 3.62. The number of carbonyl (C=O) groups is 1. The zero-order valence-corrected chi connectivity index (χ0v) is 13.9. The first-order valence-corrected chi connectivity index (χ1v) is 7.61. The first kappa shape index (κ1) is 15.9. The Bertz CT molecular complexity index is 670.